The number of rotatable bonds is 3. The van der Waals surface area contributed by atoms with E-state index in [1.165, 1.54) is 29.5 Å². The zero-order chi connectivity index (χ0) is 15.4. The zero-order valence-electron chi connectivity index (χ0n) is 13.3. The van der Waals surface area contributed by atoms with Crippen LogP contribution < -0.4 is 5.32 Å². The number of anilines is 1. The van der Waals surface area contributed by atoms with Gasteiger partial charge in [-0.1, -0.05) is 42.5 Å². The summed E-state index contributed by atoms with van der Waals surface area (Å²) in [6.07, 6.45) is 5.96. The lowest BCUT2D eigenvalue weighted by Crippen LogP contribution is -2.06. The molecule has 22 heavy (non-hydrogen) atoms. The first-order valence-electron chi connectivity index (χ1n) is 7.90. The van der Waals surface area contributed by atoms with Gasteiger partial charge in [0.25, 0.3) is 0 Å². The smallest absolute Gasteiger partial charge is 0.103 e. The Labute approximate surface area is 132 Å². The van der Waals surface area contributed by atoms with Gasteiger partial charge in [0.15, 0.2) is 0 Å². The van der Waals surface area contributed by atoms with Crippen LogP contribution >= 0.6 is 0 Å². The number of aryl methyl sites for hydroxylation is 1. The van der Waals surface area contributed by atoms with Crippen molar-refractivity contribution in [2.24, 2.45) is 4.99 Å². The summed E-state index contributed by atoms with van der Waals surface area (Å²) in [5, 5.41) is 3.37. The van der Waals surface area contributed by atoms with E-state index in [2.05, 4.69) is 48.6 Å². The van der Waals surface area contributed by atoms with Crippen LogP contribution in [0.3, 0.4) is 0 Å². The summed E-state index contributed by atoms with van der Waals surface area (Å²) in [4.78, 5) is 4.86. The number of hydrogen-bond donors (Lipinski definition) is 1. The predicted octanol–water partition coefficient (Wildman–Crippen LogP) is 5.72. The Kier molecular flexibility index (Phi) is 4.38. The Hall–Kier alpha value is -2.35. The van der Waals surface area contributed by atoms with E-state index in [4.69, 9.17) is 4.99 Å². The summed E-state index contributed by atoms with van der Waals surface area (Å²) >= 11 is 0. The van der Waals surface area contributed by atoms with E-state index < -0.39 is 0 Å². The highest BCUT2D eigenvalue weighted by molar-refractivity contribution is 5.96. The highest BCUT2D eigenvalue weighted by Crippen LogP contribution is 2.35. The molecule has 0 bridgehead atoms. The number of amidine groups is 1. The van der Waals surface area contributed by atoms with Gasteiger partial charge in [0, 0.05) is 11.3 Å². The number of allylic oxidation sites excluding steroid dienone is 2. The van der Waals surface area contributed by atoms with E-state index in [0.717, 1.165) is 23.6 Å². The lowest BCUT2D eigenvalue weighted by molar-refractivity contribution is 0.935. The molecule has 1 aliphatic rings. The minimum absolute atomic E-state index is 0.917. The van der Waals surface area contributed by atoms with Crippen LogP contribution in [0.15, 0.2) is 59.6 Å². The molecule has 0 aliphatic heterocycles. The normalized spacial score (nSPS) is 14.8. The maximum atomic E-state index is 4.86. The molecule has 0 spiro atoms. The van der Waals surface area contributed by atoms with Gasteiger partial charge in [-0.3, -0.25) is 0 Å². The third-order valence-corrected chi connectivity index (χ3v) is 4.00. The Morgan fingerprint density at radius 2 is 1.86 bits per heavy atom. The number of benzene rings is 2. The third kappa shape index (κ3) is 3.28. The van der Waals surface area contributed by atoms with E-state index in [9.17, 15) is 0 Å². The van der Waals surface area contributed by atoms with Crippen molar-refractivity contribution in [1.82, 2.24) is 0 Å². The summed E-state index contributed by atoms with van der Waals surface area (Å²) < 4.78 is 0. The van der Waals surface area contributed by atoms with E-state index in [1.807, 2.05) is 25.1 Å². The average molecular weight is 290 g/mol. The van der Waals surface area contributed by atoms with Gasteiger partial charge in [-0.15, -0.1) is 0 Å². The fraction of sp³-hybridized carbons (Fsp3) is 0.250. The molecule has 0 amide bonds. The highest BCUT2D eigenvalue weighted by atomic mass is 15.0. The summed E-state index contributed by atoms with van der Waals surface area (Å²) in [5.41, 5.74) is 6.11. The van der Waals surface area contributed by atoms with Crippen molar-refractivity contribution in [3.05, 3.63) is 65.7 Å². The molecular weight excluding hydrogens is 268 g/mol. The van der Waals surface area contributed by atoms with Crippen LogP contribution in [0.25, 0.3) is 5.57 Å². The lowest BCUT2D eigenvalue weighted by atomic mass is 10.0. The molecule has 0 heterocycles. The molecule has 112 valence electrons. The van der Waals surface area contributed by atoms with Crippen molar-refractivity contribution in [3.8, 4) is 0 Å². The van der Waals surface area contributed by atoms with Crippen molar-refractivity contribution >= 4 is 22.8 Å². The quantitative estimate of drug-likeness (QED) is 0.567. The molecule has 0 saturated carbocycles. The summed E-state index contributed by atoms with van der Waals surface area (Å²) in [7, 11) is 0. The Bertz CT molecular complexity index is 712. The Balaban J connectivity index is 1.92. The van der Waals surface area contributed by atoms with Gasteiger partial charge < -0.3 is 5.32 Å². The average Bonchev–Trinajstić information content (AvgIpc) is 3.04. The van der Waals surface area contributed by atoms with E-state index in [1.54, 1.807) is 0 Å². The van der Waals surface area contributed by atoms with Crippen LogP contribution in [-0.2, 0) is 0 Å². The van der Waals surface area contributed by atoms with Gasteiger partial charge in [0.05, 0.1) is 5.69 Å². The van der Waals surface area contributed by atoms with Gasteiger partial charge in [0.1, 0.15) is 5.84 Å². The zero-order valence-corrected chi connectivity index (χ0v) is 13.3. The predicted molar refractivity (Wildman–Crippen MR) is 95.8 cm³/mol. The van der Waals surface area contributed by atoms with Crippen LogP contribution in [-0.4, -0.2) is 5.84 Å². The molecule has 0 radical (unpaired) electrons. The highest BCUT2D eigenvalue weighted by Gasteiger charge is 2.12. The minimum Gasteiger partial charge on any atom is -0.344 e. The van der Waals surface area contributed by atoms with Gasteiger partial charge in [0.2, 0.25) is 0 Å². The molecule has 0 unspecified atom stereocenters. The van der Waals surface area contributed by atoms with Gasteiger partial charge in [-0.25, -0.2) is 4.99 Å². The lowest BCUT2D eigenvalue weighted by Gasteiger charge is -2.12. The van der Waals surface area contributed by atoms with Gasteiger partial charge >= 0.3 is 0 Å². The van der Waals surface area contributed by atoms with Crippen molar-refractivity contribution in [2.45, 2.75) is 33.1 Å². The molecule has 1 aliphatic carbocycles. The van der Waals surface area contributed by atoms with Crippen LogP contribution in [0, 0.1) is 6.92 Å². The fourth-order valence-corrected chi connectivity index (χ4v) is 2.91. The summed E-state index contributed by atoms with van der Waals surface area (Å²) in [6, 6.07) is 16.6. The number of para-hydroxylation sites is 2. The SMILES string of the molecule is CC(=Nc1c(C)cccc1C1=CCCC1)Nc1ccccc1. The van der Waals surface area contributed by atoms with E-state index in [-0.39, 0.29) is 0 Å². The molecular formula is C20H22N2. The molecule has 0 saturated heterocycles. The molecule has 2 aromatic rings. The van der Waals surface area contributed by atoms with E-state index in [0.29, 0.717) is 0 Å². The minimum atomic E-state index is 0.917. The van der Waals surface area contributed by atoms with E-state index >= 15 is 0 Å². The third-order valence-electron chi connectivity index (χ3n) is 4.00. The molecule has 2 nitrogen and oxygen atoms in total. The molecule has 0 atom stereocenters. The van der Waals surface area contributed by atoms with Gasteiger partial charge in [-0.2, -0.15) is 0 Å². The number of nitrogens with zero attached hydrogens (tertiary/aromatic N) is 1. The van der Waals surface area contributed by atoms with Crippen molar-refractivity contribution in [1.29, 1.82) is 0 Å². The molecule has 2 aromatic carbocycles. The molecule has 0 fully saturated rings. The standard InChI is InChI=1S/C20H22N2/c1-15-9-8-14-19(17-10-6-7-11-17)20(15)22-16(2)21-18-12-4-3-5-13-18/h3-5,8-10,12-14H,6-7,11H2,1-2H3,(H,21,22). The van der Waals surface area contributed by atoms with Crippen LogP contribution in [0.5, 0.6) is 0 Å². The van der Waals surface area contributed by atoms with Crippen molar-refractivity contribution in [3.63, 3.8) is 0 Å². The van der Waals surface area contributed by atoms with Crippen LogP contribution in [0.4, 0.5) is 11.4 Å². The summed E-state index contributed by atoms with van der Waals surface area (Å²) in [5.74, 6) is 0.917. The maximum Gasteiger partial charge on any atom is 0.103 e. The number of nitrogens with one attached hydrogen (secondary N) is 1. The second kappa shape index (κ2) is 6.61. The maximum absolute atomic E-state index is 4.86. The Morgan fingerprint density at radius 1 is 1.05 bits per heavy atom. The summed E-state index contributed by atoms with van der Waals surface area (Å²) in [6.45, 7) is 4.15. The molecule has 3 rings (SSSR count). The Morgan fingerprint density at radius 3 is 2.59 bits per heavy atom. The van der Waals surface area contributed by atoms with Crippen LogP contribution in [0.1, 0.15) is 37.3 Å². The molecule has 2 heteroatoms. The van der Waals surface area contributed by atoms with Crippen molar-refractivity contribution < 1.29 is 0 Å². The second-order valence-corrected chi connectivity index (χ2v) is 5.78. The topological polar surface area (TPSA) is 24.4 Å². The second-order valence-electron chi connectivity index (χ2n) is 5.78. The molecule has 1 N–H and O–H groups in total. The number of aliphatic imine (C=N–C) groups is 1. The first-order chi connectivity index (χ1) is 10.7. The fourth-order valence-electron chi connectivity index (χ4n) is 2.91. The van der Waals surface area contributed by atoms with Gasteiger partial charge in [-0.05, 0) is 56.4 Å². The monoisotopic (exact) mass is 290 g/mol. The van der Waals surface area contributed by atoms with Crippen LogP contribution in [0.2, 0.25) is 0 Å². The number of hydrogen-bond acceptors (Lipinski definition) is 1. The molecule has 0 aromatic heterocycles. The van der Waals surface area contributed by atoms with Crippen molar-refractivity contribution in [2.75, 3.05) is 5.32 Å². The largest absolute Gasteiger partial charge is 0.344 e. The first-order valence-corrected chi connectivity index (χ1v) is 7.90. The first kappa shape index (κ1) is 14.6.